The molecule has 1 saturated heterocycles. The molecule has 34 heavy (non-hydrogen) atoms. The molecule has 0 aromatic heterocycles. The van der Waals surface area contributed by atoms with Crippen LogP contribution in [0.5, 0.6) is 5.75 Å². The lowest BCUT2D eigenvalue weighted by Crippen LogP contribution is -2.32. The Balaban J connectivity index is 1.59. The molecule has 1 amide bonds. The molecule has 0 bridgehead atoms. The number of amides is 1. The fraction of sp³-hybridized carbons (Fsp3) is 0.214. The first-order chi connectivity index (χ1) is 16.4. The minimum Gasteiger partial charge on any atom is -0.507 e. The molecule has 0 aliphatic carbocycles. The van der Waals surface area contributed by atoms with E-state index in [1.54, 1.807) is 36.4 Å². The third-order valence-corrected chi connectivity index (χ3v) is 6.39. The van der Waals surface area contributed by atoms with E-state index in [1.807, 2.05) is 37.3 Å². The standard InChI is InChI=1S/C28H24FNO4/c1-17-15-20-16-19(11-12-23(20)34-17)26(31)24-25(21-9-5-6-10-22(21)29)30(28(33)27(24)32)14-13-18-7-3-2-4-8-18/h2-12,16-17,25,31H,13-15H2,1H3/b26-24+/t17-,25-/m1/s1. The molecule has 5 rings (SSSR count). The van der Waals surface area contributed by atoms with Crippen LogP contribution < -0.4 is 4.74 Å². The molecular formula is C28H24FNO4. The van der Waals surface area contributed by atoms with E-state index in [2.05, 4.69) is 0 Å². The summed E-state index contributed by atoms with van der Waals surface area (Å²) in [6, 6.07) is 19.8. The minimum absolute atomic E-state index is 0.0226. The summed E-state index contributed by atoms with van der Waals surface area (Å²) in [5, 5.41) is 11.2. The van der Waals surface area contributed by atoms with Gasteiger partial charge in [0.1, 0.15) is 23.4 Å². The molecule has 6 heteroatoms. The fourth-order valence-corrected chi connectivity index (χ4v) is 4.75. The third kappa shape index (κ3) is 3.85. The maximum Gasteiger partial charge on any atom is 0.295 e. The van der Waals surface area contributed by atoms with Crippen molar-refractivity contribution in [1.29, 1.82) is 0 Å². The number of likely N-dealkylation sites (tertiary alicyclic amines) is 1. The molecule has 1 fully saturated rings. The van der Waals surface area contributed by atoms with Crippen molar-refractivity contribution in [1.82, 2.24) is 4.90 Å². The summed E-state index contributed by atoms with van der Waals surface area (Å²) in [5.41, 5.74) is 2.38. The lowest BCUT2D eigenvalue weighted by molar-refractivity contribution is -0.139. The van der Waals surface area contributed by atoms with Gasteiger partial charge < -0.3 is 14.7 Å². The second kappa shape index (κ2) is 8.78. The Bertz CT molecular complexity index is 1300. The lowest BCUT2D eigenvalue weighted by Gasteiger charge is -2.25. The molecule has 2 heterocycles. The van der Waals surface area contributed by atoms with Gasteiger partial charge in [0.25, 0.3) is 11.7 Å². The number of fused-ring (bicyclic) bond motifs is 1. The summed E-state index contributed by atoms with van der Waals surface area (Å²) in [6.07, 6.45) is 1.19. The van der Waals surface area contributed by atoms with Crippen molar-refractivity contribution < 1.29 is 23.8 Å². The maximum absolute atomic E-state index is 14.9. The average molecular weight is 458 g/mol. The number of aliphatic hydroxyl groups excluding tert-OH is 1. The van der Waals surface area contributed by atoms with Crippen molar-refractivity contribution in [2.24, 2.45) is 0 Å². The van der Waals surface area contributed by atoms with Crippen LogP contribution in [0.3, 0.4) is 0 Å². The van der Waals surface area contributed by atoms with Gasteiger partial charge in [-0.3, -0.25) is 9.59 Å². The summed E-state index contributed by atoms with van der Waals surface area (Å²) in [4.78, 5) is 27.6. The number of ketones is 1. The highest BCUT2D eigenvalue weighted by Crippen LogP contribution is 2.41. The number of hydrogen-bond donors (Lipinski definition) is 1. The van der Waals surface area contributed by atoms with Crippen molar-refractivity contribution in [3.63, 3.8) is 0 Å². The largest absolute Gasteiger partial charge is 0.507 e. The number of benzene rings is 3. The number of rotatable bonds is 5. The Labute approximate surface area is 197 Å². The van der Waals surface area contributed by atoms with Crippen molar-refractivity contribution in [3.8, 4) is 5.75 Å². The van der Waals surface area contributed by atoms with Crippen molar-refractivity contribution in [2.45, 2.75) is 31.9 Å². The van der Waals surface area contributed by atoms with Crippen LogP contribution in [0.1, 0.15) is 35.2 Å². The highest BCUT2D eigenvalue weighted by Gasteiger charge is 2.46. The summed E-state index contributed by atoms with van der Waals surface area (Å²) >= 11 is 0. The van der Waals surface area contributed by atoms with Gasteiger partial charge in [-0.25, -0.2) is 4.39 Å². The predicted molar refractivity (Wildman–Crippen MR) is 126 cm³/mol. The van der Waals surface area contributed by atoms with Crippen LogP contribution in [0, 0.1) is 5.82 Å². The molecular weight excluding hydrogens is 433 g/mol. The topological polar surface area (TPSA) is 66.8 Å². The predicted octanol–water partition coefficient (Wildman–Crippen LogP) is 4.81. The molecule has 0 spiro atoms. The van der Waals surface area contributed by atoms with Crippen LogP contribution in [-0.2, 0) is 22.4 Å². The van der Waals surface area contributed by atoms with Gasteiger partial charge in [0, 0.05) is 24.1 Å². The Morgan fingerprint density at radius 3 is 2.56 bits per heavy atom. The Kier molecular flexibility index (Phi) is 5.65. The number of Topliss-reactive ketones (excluding diaryl/α,β-unsaturated/α-hetero) is 1. The first-order valence-electron chi connectivity index (χ1n) is 11.3. The minimum atomic E-state index is -1.02. The second-order valence-corrected chi connectivity index (χ2v) is 8.70. The summed E-state index contributed by atoms with van der Waals surface area (Å²) in [6.45, 7) is 2.16. The van der Waals surface area contributed by atoms with E-state index in [1.165, 1.54) is 11.0 Å². The molecule has 172 valence electrons. The van der Waals surface area contributed by atoms with E-state index >= 15 is 0 Å². The van der Waals surface area contributed by atoms with Crippen LogP contribution in [0.2, 0.25) is 0 Å². The molecule has 2 aliphatic heterocycles. The zero-order valence-electron chi connectivity index (χ0n) is 18.7. The van der Waals surface area contributed by atoms with Gasteiger partial charge >= 0.3 is 0 Å². The van der Waals surface area contributed by atoms with E-state index in [4.69, 9.17) is 4.74 Å². The number of carbonyl (C=O) groups excluding carboxylic acids is 2. The Hall–Kier alpha value is -3.93. The van der Waals surface area contributed by atoms with Crippen LogP contribution in [0.25, 0.3) is 5.76 Å². The van der Waals surface area contributed by atoms with E-state index < -0.39 is 23.5 Å². The first-order valence-corrected chi connectivity index (χ1v) is 11.3. The smallest absolute Gasteiger partial charge is 0.295 e. The van der Waals surface area contributed by atoms with Crippen molar-refractivity contribution >= 4 is 17.4 Å². The zero-order chi connectivity index (χ0) is 23.8. The number of halogens is 1. The van der Waals surface area contributed by atoms with Gasteiger partial charge in [-0.2, -0.15) is 0 Å². The lowest BCUT2D eigenvalue weighted by atomic mass is 9.94. The number of carbonyl (C=O) groups is 2. The fourth-order valence-electron chi connectivity index (χ4n) is 4.75. The van der Waals surface area contributed by atoms with Gasteiger partial charge in [0.15, 0.2) is 0 Å². The van der Waals surface area contributed by atoms with Crippen LogP contribution in [0.15, 0.2) is 78.4 Å². The SMILES string of the molecule is C[C@@H]1Cc2cc(/C(O)=C3\C(=O)C(=O)N(CCc4ccccc4)[C@@H]3c3ccccc3F)ccc2O1. The van der Waals surface area contributed by atoms with Gasteiger partial charge in [0.05, 0.1) is 11.6 Å². The summed E-state index contributed by atoms with van der Waals surface area (Å²) < 4.78 is 20.7. The van der Waals surface area contributed by atoms with Crippen molar-refractivity contribution in [2.75, 3.05) is 6.54 Å². The monoisotopic (exact) mass is 457 g/mol. The highest BCUT2D eigenvalue weighted by molar-refractivity contribution is 6.46. The molecule has 2 atom stereocenters. The van der Waals surface area contributed by atoms with E-state index in [9.17, 15) is 19.1 Å². The van der Waals surface area contributed by atoms with Gasteiger partial charge in [-0.15, -0.1) is 0 Å². The zero-order valence-corrected chi connectivity index (χ0v) is 18.7. The highest BCUT2D eigenvalue weighted by atomic mass is 19.1. The number of ether oxygens (including phenoxy) is 1. The molecule has 3 aromatic carbocycles. The quantitative estimate of drug-likeness (QED) is 0.339. The van der Waals surface area contributed by atoms with Gasteiger partial charge in [0.2, 0.25) is 0 Å². The summed E-state index contributed by atoms with van der Waals surface area (Å²) in [7, 11) is 0. The summed E-state index contributed by atoms with van der Waals surface area (Å²) in [5.74, 6) is -1.68. The molecule has 1 N–H and O–H groups in total. The Morgan fingerprint density at radius 1 is 1.06 bits per heavy atom. The molecule has 0 saturated carbocycles. The molecule has 0 unspecified atom stereocenters. The normalized spacial score (nSPS) is 20.9. The van der Waals surface area contributed by atoms with E-state index in [0.29, 0.717) is 18.4 Å². The average Bonchev–Trinajstić information content (AvgIpc) is 3.33. The number of nitrogens with zero attached hydrogens (tertiary/aromatic N) is 1. The van der Waals surface area contributed by atoms with Crippen LogP contribution >= 0.6 is 0 Å². The number of aliphatic hydroxyl groups is 1. The van der Waals surface area contributed by atoms with Crippen LogP contribution in [0.4, 0.5) is 4.39 Å². The molecule has 0 radical (unpaired) electrons. The number of hydrogen-bond acceptors (Lipinski definition) is 4. The van der Waals surface area contributed by atoms with E-state index in [-0.39, 0.29) is 29.5 Å². The molecule has 3 aromatic rings. The van der Waals surface area contributed by atoms with Crippen LogP contribution in [-0.4, -0.2) is 34.3 Å². The maximum atomic E-state index is 14.9. The molecule has 2 aliphatic rings. The second-order valence-electron chi connectivity index (χ2n) is 8.70. The van der Waals surface area contributed by atoms with E-state index in [0.717, 1.165) is 16.9 Å². The third-order valence-electron chi connectivity index (χ3n) is 6.39. The van der Waals surface area contributed by atoms with Gasteiger partial charge in [-0.1, -0.05) is 48.5 Å². The molecule has 5 nitrogen and oxygen atoms in total. The first kappa shape index (κ1) is 21.9. The van der Waals surface area contributed by atoms with Gasteiger partial charge in [-0.05, 0) is 48.7 Å². The Morgan fingerprint density at radius 2 is 1.79 bits per heavy atom. The van der Waals surface area contributed by atoms with Crippen molar-refractivity contribution in [3.05, 3.63) is 106 Å².